The van der Waals surface area contributed by atoms with E-state index < -0.39 is 0 Å². The van der Waals surface area contributed by atoms with E-state index in [1.165, 1.54) is 11.1 Å². The van der Waals surface area contributed by atoms with Crippen LogP contribution in [0.25, 0.3) is 0 Å². The fourth-order valence-corrected chi connectivity index (χ4v) is 2.58. The van der Waals surface area contributed by atoms with Crippen LogP contribution in [0.4, 0.5) is 0 Å². The summed E-state index contributed by atoms with van der Waals surface area (Å²) in [4.78, 5) is 4.31. The van der Waals surface area contributed by atoms with E-state index in [1.54, 1.807) is 0 Å². The number of rotatable bonds is 4. The Bertz CT molecular complexity index is 592. The van der Waals surface area contributed by atoms with Crippen molar-refractivity contribution in [3.8, 4) is 5.75 Å². The number of nitrogens with zero attached hydrogens (tertiary/aromatic N) is 1. The lowest BCUT2D eigenvalue weighted by molar-refractivity contribution is 0.357. The van der Waals surface area contributed by atoms with E-state index in [9.17, 15) is 0 Å². The van der Waals surface area contributed by atoms with E-state index in [4.69, 9.17) is 10.5 Å². The Hall–Kier alpha value is -1.87. The predicted octanol–water partition coefficient (Wildman–Crippen LogP) is 2.96. The van der Waals surface area contributed by atoms with Crippen LogP contribution >= 0.6 is 0 Å². The Morgan fingerprint density at radius 3 is 3.00 bits per heavy atom. The van der Waals surface area contributed by atoms with Gasteiger partial charge in [-0.25, -0.2) is 0 Å². The maximum absolute atomic E-state index is 6.24. The van der Waals surface area contributed by atoms with Crippen LogP contribution in [0.15, 0.2) is 36.5 Å². The Balaban J connectivity index is 1.63. The number of hydrogen-bond acceptors (Lipinski definition) is 3. The lowest BCUT2D eigenvalue weighted by Gasteiger charge is -2.12. The first-order chi connectivity index (χ1) is 9.72. The Morgan fingerprint density at radius 2 is 2.20 bits per heavy atom. The largest absolute Gasteiger partial charge is 0.493 e. The SMILES string of the molecule is Cc1ccc(C(N)CCc2ccc3c(c2)CCO3)cn1. The molecule has 0 saturated carbocycles. The highest BCUT2D eigenvalue weighted by molar-refractivity contribution is 5.39. The van der Waals surface area contributed by atoms with Crippen molar-refractivity contribution in [3.05, 3.63) is 58.9 Å². The summed E-state index contributed by atoms with van der Waals surface area (Å²) in [5.41, 5.74) is 11.0. The van der Waals surface area contributed by atoms with Crippen molar-refractivity contribution in [2.75, 3.05) is 6.61 Å². The Morgan fingerprint density at radius 1 is 1.30 bits per heavy atom. The van der Waals surface area contributed by atoms with E-state index in [1.807, 2.05) is 19.2 Å². The highest BCUT2D eigenvalue weighted by Gasteiger charge is 2.13. The third-order valence-electron chi connectivity index (χ3n) is 3.86. The Kier molecular flexibility index (Phi) is 3.70. The molecule has 2 aromatic rings. The summed E-state index contributed by atoms with van der Waals surface area (Å²) < 4.78 is 5.53. The molecule has 1 aromatic carbocycles. The molecule has 1 atom stereocenters. The molecule has 1 aliphatic rings. The van der Waals surface area contributed by atoms with Gasteiger partial charge in [0.15, 0.2) is 0 Å². The van der Waals surface area contributed by atoms with Crippen molar-refractivity contribution in [3.63, 3.8) is 0 Å². The van der Waals surface area contributed by atoms with Crippen LogP contribution < -0.4 is 10.5 Å². The van der Waals surface area contributed by atoms with Gasteiger partial charge in [0.2, 0.25) is 0 Å². The average Bonchev–Trinajstić information content (AvgIpc) is 2.93. The fourth-order valence-electron chi connectivity index (χ4n) is 2.58. The minimum absolute atomic E-state index is 0.0487. The molecule has 0 bridgehead atoms. The van der Waals surface area contributed by atoms with Crippen LogP contribution in [-0.4, -0.2) is 11.6 Å². The molecule has 0 spiro atoms. The molecule has 2 N–H and O–H groups in total. The zero-order chi connectivity index (χ0) is 13.9. The molecule has 20 heavy (non-hydrogen) atoms. The van der Waals surface area contributed by atoms with Gasteiger partial charge < -0.3 is 10.5 Å². The molecule has 0 saturated heterocycles. The summed E-state index contributed by atoms with van der Waals surface area (Å²) in [5, 5.41) is 0. The van der Waals surface area contributed by atoms with Crippen molar-refractivity contribution >= 4 is 0 Å². The van der Waals surface area contributed by atoms with E-state index in [-0.39, 0.29) is 6.04 Å². The molecule has 1 aliphatic heterocycles. The van der Waals surface area contributed by atoms with E-state index in [0.29, 0.717) is 0 Å². The molecule has 0 fully saturated rings. The van der Waals surface area contributed by atoms with Gasteiger partial charge in [-0.1, -0.05) is 18.2 Å². The van der Waals surface area contributed by atoms with E-state index in [0.717, 1.165) is 42.9 Å². The number of hydrogen-bond donors (Lipinski definition) is 1. The van der Waals surface area contributed by atoms with Crippen molar-refractivity contribution < 1.29 is 4.74 Å². The minimum Gasteiger partial charge on any atom is -0.493 e. The topological polar surface area (TPSA) is 48.1 Å². The minimum atomic E-state index is 0.0487. The van der Waals surface area contributed by atoms with Gasteiger partial charge in [0, 0.05) is 24.4 Å². The van der Waals surface area contributed by atoms with Gasteiger partial charge in [0.05, 0.1) is 6.61 Å². The molecule has 3 heteroatoms. The average molecular weight is 268 g/mol. The highest BCUT2D eigenvalue weighted by Crippen LogP contribution is 2.27. The number of aromatic nitrogens is 1. The molecular formula is C17H20N2O. The number of pyridine rings is 1. The van der Waals surface area contributed by atoms with Gasteiger partial charge in [0.25, 0.3) is 0 Å². The van der Waals surface area contributed by atoms with Gasteiger partial charge in [0.1, 0.15) is 5.75 Å². The summed E-state index contributed by atoms with van der Waals surface area (Å²) in [7, 11) is 0. The molecule has 104 valence electrons. The van der Waals surface area contributed by atoms with Gasteiger partial charge >= 0.3 is 0 Å². The second-order valence-electron chi connectivity index (χ2n) is 5.42. The van der Waals surface area contributed by atoms with Crippen molar-refractivity contribution in [1.29, 1.82) is 0 Å². The van der Waals surface area contributed by atoms with Gasteiger partial charge in [-0.15, -0.1) is 0 Å². The Labute approximate surface area is 119 Å². The second-order valence-corrected chi connectivity index (χ2v) is 5.42. The molecule has 0 aliphatic carbocycles. The highest BCUT2D eigenvalue weighted by atomic mass is 16.5. The van der Waals surface area contributed by atoms with Crippen LogP contribution in [0.2, 0.25) is 0 Å². The van der Waals surface area contributed by atoms with E-state index >= 15 is 0 Å². The van der Waals surface area contributed by atoms with Crippen LogP contribution in [0.3, 0.4) is 0 Å². The van der Waals surface area contributed by atoms with Crippen molar-refractivity contribution in [2.24, 2.45) is 5.73 Å². The summed E-state index contributed by atoms with van der Waals surface area (Å²) in [6.07, 6.45) is 4.83. The zero-order valence-electron chi connectivity index (χ0n) is 11.8. The third-order valence-corrected chi connectivity index (χ3v) is 3.86. The van der Waals surface area contributed by atoms with Crippen molar-refractivity contribution in [1.82, 2.24) is 4.98 Å². The molecular weight excluding hydrogens is 248 g/mol. The molecule has 3 nitrogen and oxygen atoms in total. The third kappa shape index (κ3) is 2.83. The first kappa shape index (κ1) is 13.1. The van der Waals surface area contributed by atoms with Gasteiger partial charge in [-0.05, 0) is 48.6 Å². The second kappa shape index (κ2) is 5.63. The van der Waals surface area contributed by atoms with Crippen LogP contribution in [-0.2, 0) is 12.8 Å². The maximum Gasteiger partial charge on any atom is 0.122 e. The molecule has 0 amide bonds. The normalized spacial score (nSPS) is 14.7. The maximum atomic E-state index is 6.24. The summed E-state index contributed by atoms with van der Waals surface area (Å²) >= 11 is 0. The quantitative estimate of drug-likeness (QED) is 0.927. The standard InChI is InChI=1S/C17H20N2O/c1-12-2-5-15(11-19-12)16(18)6-3-13-4-7-17-14(10-13)8-9-20-17/h2,4-5,7,10-11,16H,3,6,8-9,18H2,1H3. The lowest BCUT2D eigenvalue weighted by Crippen LogP contribution is -2.11. The number of nitrogens with two attached hydrogens (primary N) is 1. The molecule has 1 unspecified atom stereocenters. The van der Waals surface area contributed by atoms with Crippen LogP contribution in [0.5, 0.6) is 5.75 Å². The summed E-state index contributed by atoms with van der Waals surface area (Å²) in [6, 6.07) is 10.6. The molecule has 3 rings (SSSR count). The number of aryl methyl sites for hydroxylation is 2. The van der Waals surface area contributed by atoms with Crippen LogP contribution in [0, 0.1) is 6.92 Å². The van der Waals surface area contributed by atoms with Crippen molar-refractivity contribution in [2.45, 2.75) is 32.2 Å². The smallest absolute Gasteiger partial charge is 0.122 e. The number of fused-ring (bicyclic) bond motifs is 1. The number of benzene rings is 1. The summed E-state index contributed by atoms with van der Waals surface area (Å²) in [6.45, 7) is 2.80. The van der Waals surface area contributed by atoms with E-state index in [2.05, 4.69) is 29.2 Å². The monoisotopic (exact) mass is 268 g/mol. The fraction of sp³-hybridized carbons (Fsp3) is 0.353. The zero-order valence-corrected chi connectivity index (χ0v) is 11.8. The first-order valence-electron chi connectivity index (χ1n) is 7.15. The van der Waals surface area contributed by atoms with Crippen LogP contribution in [0.1, 0.15) is 34.8 Å². The van der Waals surface area contributed by atoms with Gasteiger partial charge in [-0.3, -0.25) is 4.98 Å². The molecule has 0 radical (unpaired) electrons. The molecule has 1 aromatic heterocycles. The number of ether oxygens (including phenoxy) is 1. The lowest BCUT2D eigenvalue weighted by atomic mass is 9.99. The predicted molar refractivity (Wildman–Crippen MR) is 79.9 cm³/mol. The summed E-state index contributed by atoms with van der Waals surface area (Å²) in [5.74, 6) is 1.04. The molecule has 2 heterocycles. The van der Waals surface area contributed by atoms with Gasteiger partial charge in [-0.2, -0.15) is 0 Å². The first-order valence-corrected chi connectivity index (χ1v) is 7.15.